The largest absolute Gasteiger partial charge is 0.455 e. The second kappa shape index (κ2) is 11.1. The van der Waals surface area contributed by atoms with Crippen molar-refractivity contribution in [2.45, 2.75) is 0 Å². The number of furan rings is 1. The minimum absolute atomic E-state index is 0.108. The molecule has 1 nitrogen and oxygen atoms in total. The molecule has 0 aliphatic rings. The topological polar surface area (TPSA) is 13.1 Å². The molecule has 0 N–H and O–H groups in total. The number of hydrogen-bond donors (Lipinski definition) is 0. The van der Waals surface area contributed by atoms with Gasteiger partial charge in [-0.3, -0.25) is 0 Å². The molecule has 0 atom stereocenters. The Balaban J connectivity index is 1.38. The van der Waals surface area contributed by atoms with Crippen LogP contribution < -0.4 is 0 Å². The van der Waals surface area contributed by atoms with Crippen molar-refractivity contribution in [1.29, 1.82) is 0 Å². The number of hydrogen-bond acceptors (Lipinski definition) is 1. The first-order chi connectivity index (χ1) is 32.2. The summed E-state index contributed by atoms with van der Waals surface area (Å²) in [6.45, 7) is 0. The van der Waals surface area contributed by atoms with E-state index in [-0.39, 0.29) is 10.9 Å². The summed E-state index contributed by atoms with van der Waals surface area (Å²) in [5.74, 6) is 0. The molecule has 0 saturated heterocycles. The summed E-state index contributed by atoms with van der Waals surface area (Å²) < 4.78 is 179. The average Bonchev–Trinajstić information content (AvgIpc) is 3.73. The molecule has 0 aliphatic heterocycles. The molecule has 0 saturated carbocycles. The molecule has 1 heterocycles. The first-order valence-corrected chi connectivity index (χ1v) is 15.3. The van der Waals surface area contributed by atoms with Crippen LogP contribution in [0.3, 0.4) is 0 Å². The Morgan fingerprint density at radius 1 is 0.388 bits per heavy atom. The average molecular weight is 642 g/mol. The van der Waals surface area contributed by atoms with Gasteiger partial charge in [0.15, 0.2) is 0 Å². The van der Waals surface area contributed by atoms with Crippen LogP contribution in [-0.4, -0.2) is 0 Å². The van der Waals surface area contributed by atoms with Gasteiger partial charge in [-0.2, -0.15) is 0 Å². The van der Waals surface area contributed by atoms with Gasteiger partial charge in [0, 0.05) is 16.3 Å². The van der Waals surface area contributed by atoms with Crippen LogP contribution in [0.5, 0.6) is 0 Å². The van der Waals surface area contributed by atoms with E-state index in [1.54, 1.807) is 18.2 Å². The predicted molar refractivity (Wildman–Crippen MR) is 208 cm³/mol. The highest BCUT2D eigenvalue weighted by molar-refractivity contribution is 6.22. The number of rotatable bonds is 4. The van der Waals surface area contributed by atoms with E-state index in [9.17, 15) is 13.7 Å². The van der Waals surface area contributed by atoms with Crippen molar-refractivity contribution in [1.82, 2.24) is 0 Å². The van der Waals surface area contributed by atoms with Crippen LogP contribution >= 0.6 is 0 Å². The van der Waals surface area contributed by atoms with Crippen LogP contribution in [0.2, 0.25) is 0 Å². The van der Waals surface area contributed by atoms with E-state index in [1.807, 2.05) is 48.5 Å². The van der Waals surface area contributed by atoms with Gasteiger partial charge in [-0.25, -0.2) is 0 Å². The molecule has 9 aromatic carbocycles. The van der Waals surface area contributed by atoms with Gasteiger partial charge in [0.1, 0.15) is 11.2 Å². The third kappa shape index (κ3) is 4.40. The number of benzene rings is 9. The summed E-state index contributed by atoms with van der Waals surface area (Å²) in [5.41, 5.74) is 0.324. The molecule has 0 spiro atoms. The van der Waals surface area contributed by atoms with Crippen LogP contribution in [0.4, 0.5) is 0 Å². The van der Waals surface area contributed by atoms with Gasteiger partial charge in [-0.15, -0.1) is 0 Å². The lowest BCUT2D eigenvalue weighted by molar-refractivity contribution is 0.670. The van der Waals surface area contributed by atoms with Crippen molar-refractivity contribution in [3.8, 4) is 44.5 Å². The van der Waals surface area contributed by atoms with Gasteiger partial charge >= 0.3 is 0 Å². The van der Waals surface area contributed by atoms with E-state index >= 15 is 0 Å². The van der Waals surface area contributed by atoms with E-state index in [4.69, 9.17) is 16.8 Å². The normalized spacial score (nSPS) is 17.1. The van der Waals surface area contributed by atoms with Gasteiger partial charge in [0.2, 0.25) is 0 Å². The van der Waals surface area contributed by atoms with Crippen molar-refractivity contribution in [2.24, 2.45) is 0 Å². The molecular weight excluding hydrogens is 593 g/mol. The standard InChI is InChI=1S/C48H30O/c1-3-13-31(14-4-1)38-22-11-23-43-47-37(21-12-24-44(47)49-48(38)43)35-27-25-34-30-36(28-26-33(34)29-35)46-41-19-9-7-17-39(41)45(32-15-5-2-6-16-32)40-18-8-10-20-42(40)46/h1-30H/i2D,5D,6D,7D,8D,9D,10D,15D,16D,17D,18D,19D,20D,25D,26D,27D,28D,29D,30D. The third-order valence-corrected chi connectivity index (χ3v) is 8.63. The van der Waals surface area contributed by atoms with Gasteiger partial charge in [0.25, 0.3) is 0 Å². The van der Waals surface area contributed by atoms with E-state index in [0.29, 0.717) is 27.5 Å². The molecule has 0 fully saturated rings. The molecule has 0 unspecified atom stereocenters. The quantitative estimate of drug-likeness (QED) is 0.174. The summed E-state index contributed by atoms with van der Waals surface area (Å²) in [4.78, 5) is 0. The zero-order valence-corrected chi connectivity index (χ0v) is 25.3. The smallest absolute Gasteiger partial charge is 0.143 e. The molecule has 49 heavy (non-hydrogen) atoms. The number of fused-ring (bicyclic) bond motifs is 6. The van der Waals surface area contributed by atoms with Crippen molar-refractivity contribution in [3.63, 3.8) is 0 Å². The predicted octanol–water partition coefficient (Wildman–Crippen LogP) is 13.7. The third-order valence-electron chi connectivity index (χ3n) is 8.63. The molecule has 10 rings (SSSR count). The van der Waals surface area contributed by atoms with Crippen LogP contribution in [0.15, 0.2) is 186 Å². The van der Waals surface area contributed by atoms with Gasteiger partial charge < -0.3 is 4.42 Å². The highest BCUT2D eigenvalue weighted by atomic mass is 16.3. The summed E-state index contributed by atoms with van der Waals surface area (Å²) in [6, 6.07) is 4.89. The monoisotopic (exact) mass is 641 g/mol. The fourth-order valence-electron chi connectivity index (χ4n) is 6.54. The molecule has 228 valence electrons. The molecule has 1 aromatic heterocycles. The second-order valence-electron chi connectivity index (χ2n) is 11.3. The zero-order chi connectivity index (χ0) is 48.8. The van der Waals surface area contributed by atoms with Crippen LogP contribution in [0.25, 0.3) is 98.8 Å². The molecule has 0 amide bonds. The summed E-state index contributed by atoms with van der Waals surface area (Å²) in [7, 11) is 0. The molecule has 0 aliphatic carbocycles. The Morgan fingerprint density at radius 2 is 0.959 bits per heavy atom. The summed E-state index contributed by atoms with van der Waals surface area (Å²) >= 11 is 0. The SMILES string of the molecule is [2H]c1c([2H])c([2H])c(-c2c3c([2H])c([2H])c([2H])c([2H])c3c(-c3c([2H])c([2H])c4c([2H])c(-c5cccc6oc7c(-c8ccccc8)cccc7c56)c([2H])c([2H])c4c3[2H])c3c([2H])c([2H])c([2H])c([2H])c23)c([2H])c1[2H]. The Labute approximate surface area is 311 Å². The maximum absolute atomic E-state index is 9.78. The first kappa shape index (κ1) is 14.8. The molecular formula is C48H30O. The Kier molecular flexibility index (Phi) is 3.34. The van der Waals surface area contributed by atoms with Gasteiger partial charge in [-0.05, 0) is 89.4 Å². The Hall–Kier alpha value is -6.44. The van der Waals surface area contributed by atoms with Crippen molar-refractivity contribution in [3.05, 3.63) is 182 Å². The van der Waals surface area contributed by atoms with E-state index in [0.717, 1.165) is 11.1 Å². The van der Waals surface area contributed by atoms with Crippen molar-refractivity contribution >= 4 is 54.3 Å². The van der Waals surface area contributed by atoms with E-state index < -0.39 is 164 Å². The van der Waals surface area contributed by atoms with Gasteiger partial charge in [-0.1, -0.05) is 163 Å². The van der Waals surface area contributed by atoms with Crippen LogP contribution in [0, 0.1) is 0 Å². The molecule has 0 radical (unpaired) electrons. The first-order valence-electron chi connectivity index (χ1n) is 24.8. The Morgan fingerprint density at radius 3 is 1.65 bits per heavy atom. The fraction of sp³-hybridized carbons (Fsp3) is 0. The van der Waals surface area contributed by atoms with Crippen molar-refractivity contribution < 1.29 is 30.5 Å². The van der Waals surface area contributed by atoms with E-state index in [1.165, 1.54) is 0 Å². The lowest BCUT2D eigenvalue weighted by Gasteiger charge is -2.18. The summed E-state index contributed by atoms with van der Waals surface area (Å²) in [5, 5.41) is -2.04. The fourth-order valence-corrected chi connectivity index (χ4v) is 6.54. The lowest BCUT2D eigenvalue weighted by atomic mass is 9.85. The Bertz CT molecular complexity index is 3850. The number of para-hydroxylation sites is 1. The molecule has 10 aromatic rings. The minimum atomic E-state index is -0.870. The minimum Gasteiger partial charge on any atom is -0.455 e. The maximum atomic E-state index is 9.78. The maximum Gasteiger partial charge on any atom is 0.143 e. The highest BCUT2D eigenvalue weighted by Crippen LogP contribution is 2.45. The van der Waals surface area contributed by atoms with Crippen LogP contribution in [-0.2, 0) is 0 Å². The van der Waals surface area contributed by atoms with E-state index in [2.05, 4.69) is 0 Å². The van der Waals surface area contributed by atoms with Gasteiger partial charge in [0.05, 0.1) is 26.0 Å². The molecule has 1 heteroatoms. The summed E-state index contributed by atoms with van der Waals surface area (Å²) in [6.07, 6.45) is 0. The second-order valence-corrected chi connectivity index (χ2v) is 11.3. The molecule has 0 bridgehead atoms. The highest BCUT2D eigenvalue weighted by Gasteiger charge is 2.18. The van der Waals surface area contributed by atoms with Crippen molar-refractivity contribution in [2.75, 3.05) is 0 Å². The zero-order valence-electron chi connectivity index (χ0n) is 44.3. The van der Waals surface area contributed by atoms with Crippen LogP contribution in [0.1, 0.15) is 26.0 Å². The lowest BCUT2D eigenvalue weighted by Crippen LogP contribution is -1.90.